The number of amides is 2. The number of rotatable bonds is 6. The van der Waals surface area contributed by atoms with Crippen molar-refractivity contribution in [3.8, 4) is 17.2 Å². The molecule has 214 valence electrons. The van der Waals surface area contributed by atoms with Crippen LogP contribution in [-0.4, -0.2) is 47.6 Å². The molecule has 0 saturated carbocycles. The number of ether oxygens (including phenoxy) is 2. The van der Waals surface area contributed by atoms with Crippen molar-refractivity contribution >= 4 is 29.5 Å². The highest BCUT2D eigenvalue weighted by atomic mass is 16.5. The van der Waals surface area contributed by atoms with E-state index in [4.69, 9.17) is 9.47 Å². The lowest BCUT2D eigenvalue weighted by Crippen LogP contribution is -2.40. The van der Waals surface area contributed by atoms with Crippen LogP contribution in [-0.2, 0) is 25.7 Å². The molecule has 1 heterocycles. The molecule has 4 unspecified atom stereocenters. The number of phenolic OH excluding ortho intramolecular Hbond substituents is 1. The van der Waals surface area contributed by atoms with Crippen LogP contribution in [0.25, 0.3) is 6.08 Å². The maximum Gasteiger partial charge on any atom is 0.234 e. The first-order chi connectivity index (χ1) is 20.2. The minimum Gasteiger partial charge on any atom is -0.502 e. The summed E-state index contributed by atoms with van der Waals surface area (Å²) in [5.74, 6) is -2.56. The van der Waals surface area contributed by atoms with Crippen molar-refractivity contribution in [2.45, 2.75) is 26.3 Å². The van der Waals surface area contributed by atoms with Crippen LogP contribution in [0.3, 0.4) is 0 Å². The smallest absolute Gasteiger partial charge is 0.234 e. The fourth-order valence-corrected chi connectivity index (χ4v) is 6.84. The van der Waals surface area contributed by atoms with E-state index in [-0.39, 0.29) is 59.5 Å². The first-order valence-corrected chi connectivity index (χ1v) is 14.0. The molecule has 1 saturated heterocycles. The summed E-state index contributed by atoms with van der Waals surface area (Å²) < 4.78 is 10.6. The highest BCUT2D eigenvalue weighted by molar-refractivity contribution is 6.23. The Hall–Kier alpha value is -4.72. The number of hydrogen-bond acceptors (Lipinski definition) is 7. The molecule has 0 bridgehead atoms. The third-order valence-corrected chi connectivity index (χ3v) is 8.87. The lowest BCUT2D eigenvalue weighted by atomic mass is 9.60. The van der Waals surface area contributed by atoms with Crippen LogP contribution in [0.2, 0.25) is 0 Å². The van der Waals surface area contributed by atoms with Crippen molar-refractivity contribution < 1.29 is 33.8 Å². The predicted octanol–water partition coefficient (Wildman–Crippen LogP) is 4.58. The Labute approximate surface area is 243 Å². The third-order valence-electron chi connectivity index (χ3n) is 8.87. The van der Waals surface area contributed by atoms with Gasteiger partial charge in [-0.15, -0.1) is 0 Å². The van der Waals surface area contributed by atoms with Crippen LogP contribution in [0.5, 0.6) is 17.2 Å². The molecular weight excluding hydrogens is 534 g/mol. The largest absolute Gasteiger partial charge is 0.502 e. The first-order valence-electron chi connectivity index (χ1n) is 14.0. The molecule has 1 N–H and O–H groups in total. The summed E-state index contributed by atoms with van der Waals surface area (Å²) in [5.41, 5.74) is 3.61. The number of hydrogen-bond donors (Lipinski definition) is 1. The van der Waals surface area contributed by atoms with Gasteiger partial charge in [-0.25, -0.2) is 0 Å². The Kier molecular flexibility index (Phi) is 6.93. The molecular formula is C34H31NO7. The maximum absolute atomic E-state index is 13.9. The zero-order chi connectivity index (χ0) is 29.7. The number of carbonyl (C=O) groups is 4. The molecule has 3 aliphatic carbocycles. The Morgan fingerprint density at radius 2 is 1.67 bits per heavy atom. The van der Waals surface area contributed by atoms with Crippen molar-refractivity contribution in [1.29, 1.82) is 0 Å². The van der Waals surface area contributed by atoms with Gasteiger partial charge in [-0.05, 0) is 55.0 Å². The second-order valence-electron chi connectivity index (χ2n) is 11.2. The van der Waals surface area contributed by atoms with Gasteiger partial charge in [0.25, 0.3) is 0 Å². The van der Waals surface area contributed by atoms with E-state index in [1.165, 1.54) is 25.2 Å². The van der Waals surface area contributed by atoms with Gasteiger partial charge in [-0.2, -0.15) is 0 Å². The fraction of sp³-hybridized carbons (Fsp3) is 0.294. The molecule has 2 aromatic rings. The summed E-state index contributed by atoms with van der Waals surface area (Å²) in [5, 5.41) is 10.3. The van der Waals surface area contributed by atoms with Gasteiger partial charge in [0.2, 0.25) is 17.6 Å². The molecule has 6 rings (SSSR count). The third kappa shape index (κ3) is 4.38. The number of ketones is 2. The summed E-state index contributed by atoms with van der Waals surface area (Å²) in [6.45, 7) is 1.84. The number of carbonyl (C=O) groups excluding carboxylic acids is 4. The second kappa shape index (κ2) is 10.6. The number of allylic oxidation sites excluding steroid dienone is 7. The molecule has 0 aromatic heterocycles. The van der Waals surface area contributed by atoms with E-state index in [9.17, 15) is 24.3 Å². The molecule has 4 aliphatic rings. The molecule has 8 heteroatoms. The minimum absolute atomic E-state index is 0.126. The van der Waals surface area contributed by atoms with E-state index in [1.54, 1.807) is 25.1 Å². The summed E-state index contributed by atoms with van der Waals surface area (Å²) in [7, 11) is 2.88. The van der Waals surface area contributed by atoms with Crippen molar-refractivity contribution in [3.05, 3.63) is 94.1 Å². The summed E-state index contributed by atoms with van der Waals surface area (Å²) >= 11 is 0. The fourth-order valence-electron chi connectivity index (χ4n) is 6.84. The highest BCUT2D eigenvalue weighted by Crippen LogP contribution is 2.53. The van der Waals surface area contributed by atoms with Gasteiger partial charge in [-0.3, -0.25) is 24.1 Å². The standard InChI is InChI=1S/C34H31NO7/c1-18-13-26(36)25-16-24-21(11-12-23-30(24)34(40)35(33(23)39)17-19-7-5-4-6-8-19)22(29(25)31(18)37)10-9-20-14-27(41-2)32(38)28(15-20)42-3/h4-11,13-15,22-24,30,38H,12,16-17H2,1-3H3. The average molecular weight is 566 g/mol. The van der Waals surface area contributed by atoms with Gasteiger partial charge in [0, 0.05) is 22.6 Å². The monoisotopic (exact) mass is 565 g/mol. The SMILES string of the molecule is COc1cc(C=CC2C3=CCC4C(=O)N(Cc5ccccc5)C(=O)C4C3CC3=C2C(=O)C(C)=CC3=O)cc(OC)c1O. The van der Waals surface area contributed by atoms with Gasteiger partial charge < -0.3 is 14.6 Å². The minimum atomic E-state index is -0.602. The van der Waals surface area contributed by atoms with Crippen LogP contribution < -0.4 is 9.47 Å². The molecule has 0 radical (unpaired) electrons. The maximum atomic E-state index is 13.9. The normalized spacial score (nSPS) is 25.3. The number of Topliss-reactive ketones (excluding diaryl/α,β-unsaturated/α-hetero) is 1. The van der Waals surface area contributed by atoms with E-state index >= 15 is 0 Å². The number of nitrogens with zero attached hydrogens (tertiary/aromatic N) is 1. The topological polar surface area (TPSA) is 110 Å². The average Bonchev–Trinajstić information content (AvgIpc) is 3.24. The van der Waals surface area contributed by atoms with Crippen molar-refractivity contribution in [1.82, 2.24) is 4.90 Å². The molecule has 1 aliphatic heterocycles. The highest BCUT2D eigenvalue weighted by Gasteiger charge is 2.55. The molecule has 0 spiro atoms. The van der Waals surface area contributed by atoms with Gasteiger partial charge >= 0.3 is 0 Å². The van der Waals surface area contributed by atoms with Crippen molar-refractivity contribution in [3.63, 3.8) is 0 Å². The van der Waals surface area contributed by atoms with Crippen LogP contribution in [0, 0.1) is 23.7 Å². The molecule has 42 heavy (non-hydrogen) atoms. The number of aromatic hydroxyl groups is 1. The Bertz CT molecular complexity index is 1620. The number of benzene rings is 2. The zero-order valence-electron chi connectivity index (χ0n) is 23.6. The molecule has 2 aromatic carbocycles. The Morgan fingerprint density at radius 3 is 2.33 bits per heavy atom. The van der Waals surface area contributed by atoms with E-state index in [0.717, 1.165) is 11.1 Å². The second-order valence-corrected chi connectivity index (χ2v) is 11.2. The van der Waals surface area contributed by atoms with Gasteiger partial charge in [-0.1, -0.05) is 54.1 Å². The van der Waals surface area contributed by atoms with Crippen LogP contribution in [0.1, 0.15) is 30.9 Å². The number of phenols is 1. The zero-order valence-corrected chi connectivity index (χ0v) is 23.6. The predicted molar refractivity (Wildman–Crippen MR) is 154 cm³/mol. The summed E-state index contributed by atoms with van der Waals surface area (Å²) in [4.78, 5) is 55.5. The lowest BCUT2D eigenvalue weighted by Gasteiger charge is -2.41. The molecule has 4 atom stereocenters. The van der Waals surface area contributed by atoms with E-state index < -0.39 is 17.8 Å². The summed E-state index contributed by atoms with van der Waals surface area (Å²) in [6, 6.07) is 12.7. The number of fused-ring (bicyclic) bond motifs is 3. The van der Waals surface area contributed by atoms with E-state index in [1.807, 2.05) is 42.5 Å². The summed E-state index contributed by atoms with van der Waals surface area (Å²) in [6.07, 6.45) is 7.63. The molecule has 1 fully saturated rings. The Morgan fingerprint density at radius 1 is 0.976 bits per heavy atom. The molecule has 8 nitrogen and oxygen atoms in total. The Balaban J connectivity index is 1.40. The number of imide groups is 1. The van der Waals surface area contributed by atoms with E-state index in [0.29, 0.717) is 28.7 Å². The van der Waals surface area contributed by atoms with Crippen molar-refractivity contribution in [2.24, 2.45) is 23.7 Å². The number of likely N-dealkylation sites (tertiary alicyclic amines) is 1. The van der Waals surface area contributed by atoms with Gasteiger partial charge in [0.15, 0.2) is 23.1 Å². The molecule has 2 amide bonds. The van der Waals surface area contributed by atoms with E-state index in [2.05, 4.69) is 0 Å². The van der Waals surface area contributed by atoms with Crippen LogP contribution >= 0.6 is 0 Å². The van der Waals surface area contributed by atoms with Crippen molar-refractivity contribution in [2.75, 3.05) is 14.2 Å². The van der Waals surface area contributed by atoms with Crippen LogP contribution in [0.15, 0.2) is 83.0 Å². The van der Waals surface area contributed by atoms with Crippen LogP contribution in [0.4, 0.5) is 0 Å². The quantitative estimate of drug-likeness (QED) is 0.310. The van der Waals surface area contributed by atoms with Gasteiger partial charge in [0.1, 0.15) is 0 Å². The number of methoxy groups -OCH3 is 2. The first kappa shape index (κ1) is 27.4. The lowest BCUT2D eigenvalue weighted by molar-refractivity contribution is -0.140. The van der Waals surface area contributed by atoms with Gasteiger partial charge in [0.05, 0.1) is 32.6 Å².